The van der Waals surface area contributed by atoms with Crippen molar-refractivity contribution in [3.05, 3.63) is 29.8 Å². The first-order valence-corrected chi connectivity index (χ1v) is 12.5. The molecule has 0 bridgehead atoms. The van der Waals surface area contributed by atoms with Gasteiger partial charge in [-0.15, -0.1) is 0 Å². The number of thiocarbonyl (C=S) groups is 1. The minimum Gasteiger partial charge on any atom is -0.352 e. The second kappa shape index (κ2) is 17.7. The Labute approximate surface area is 194 Å². The number of hydrogen-bond donors (Lipinski definition) is 3. The molecule has 174 valence electrons. The normalized spacial score (nSPS) is 10.5. The average molecular weight is 448 g/mol. The second-order valence-corrected chi connectivity index (χ2v) is 8.53. The second-order valence-electron chi connectivity index (χ2n) is 8.12. The minimum atomic E-state index is -0.114. The summed E-state index contributed by atoms with van der Waals surface area (Å²) in [6.45, 7) is 4.90. The van der Waals surface area contributed by atoms with E-state index in [1.54, 1.807) is 18.2 Å². The molecule has 0 fully saturated rings. The van der Waals surface area contributed by atoms with Crippen molar-refractivity contribution < 1.29 is 9.59 Å². The zero-order valence-corrected chi connectivity index (χ0v) is 20.3. The van der Waals surface area contributed by atoms with E-state index in [4.69, 9.17) is 12.2 Å². The Hall–Kier alpha value is -1.95. The molecule has 0 heterocycles. The number of hydrogen-bond acceptors (Lipinski definition) is 3. The van der Waals surface area contributed by atoms with Gasteiger partial charge in [0.1, 0.15) is 0 Å². The standard InChI is InChI=1S/C25H41N3O2S/c1-3-5-6-7-8-9-10-11-12-13-14-18-23(29)28-25(31)27-22-17-15-16-21(20-22)24(30)26-19-4-2/h15-17,20H,3-14,18-19H2,1-2H3,(H,26,30)(H2,27,28,29,31). The van der Waals surface area contributed by atoms with Crippen molar-refractivity contribution in [1.82, 2.24) is 10.6 Å². The Morgan fingerprint density at radius 3 is 2.06 bits per heavy atom. The van der Waals surface area contributed by atoms with Crippen molar-refractivity contribution in [1.29, 1.82) is 0 Å². The van der Waals surface area contributed by atoms with Gasteiger partial charge in [-0.25, -0.2) is 0 Å². The summed E-state index contributed by atoms with van der Waals surface area (Å²) < 4.78 is 0. The third-order valence-corrected chi connectivity index (χ3v) is 5.38. The quantitative estimate of drug-likeness (QED) is 0.204. The largest absolute Gasteiger partial charge is 0.352 e. The van der Waals surface area contributed by atoms with Gasteiger partial charge in [0.05, 0.1) is 0 Å². The van der Waals surface area contributed by atoms with Crippen molar-refractivity contribution in [3.63, 3.8) is 0 Å². The number of rotatable bonds is 16. The van der Waals surface area contributed by atoms with E-state index < -0.39 is 0 Å². The van der Waals surface area contributed by atoms with E-state index in [0.717, 1.165) is 19.3 Å². The Balaban J connectivity index is 2.14. The molecule has 0 unspecified atom stereocenters. The number of unbranched alkanes of at least 4 members (excludes halogenated alkanes) is 10. The maximum Gasteiger partial charge on any atom is 0.251 e. The number of benzene rings is 1. The molecule has 0 aromatic heterocycles. The van der Waals surface area contributed by atoms with Gasteiger partial charge in [-0.3, -0.25) is 9.59 Å². The number of amides is 2. The molecule has 0 aliphatic carbocycles. The van der Waals surface area contributed by atoms with Gasteiger partial charge in [0.2, 0.25) is 5.91 Å². The highest BCUT2D eigenvalue weighted by Gasteiger charge is 2.08. The van der Waals surface area contributed by atoms with Gasteiger partial charge in [0, 0.05) is 24.2 Å². The van der Waals surface area contributed by atoms with Crippen LogP contribution in [-0.2, 0) is 4.79 Å². The van der Waals surface area contributed by atoms with E-state index in [1.165, 1.54) is 57.8 Å². The Kier molecular flexibility index (Phi) is 15.5. The van der Waals surface area contributed by atoms with Crippen LogP contribution in [0.1, 0.15) is 108 Å². The molecule has 0 saturated carbocycles. The number of anilines is 1. The molecule has 6 heteroatoms. The topological polar surface area (TPSA) is 70.2 Å². The van der Waals surface area contributed by atoms with Crippen molar-refractivity contribution >= 4 is 34.8 Å². The van der Waals surface area contributed by atoms with Gasteiger partial charge in [0.15, 0.2) is 5.11 Å². The summed E-state index contributed by atoms with van der Waals surface area (Å²) in [7, 11) is 0. The summed E-state index contributed by atoms with van der Waals surface area (Å²) in [6, 6.07) is 7.09. The number of carbonyl (C=O) groups is 2. The molecule has 0 spiro atoms. The number of carbonyl (C=O) groups excluding carboxylic acids is 2. The third-order valence-electron chi connectivity index (χ3n) is 5.18. The molecular formula is C25H41N3O2S. The molecule has 1 rings (SSSR count). The van der Waals surface area contributed by atoms with E-state index in [-0.39, 0.29) is 16.9 Å². The van der Waals surface area contributed by atoms with Crippen molar-refractivity contribution in [2.24, 2.45) is 0 Å². The van der Waals surface area contributed by atoms with Crippen LogP contribution in [-0.4, -0.2) is 23.5 Å². The molecule has 1 aromatic carbocycles. The first kappa shape index (κ1) is 27.1. The first-order valence-electron chi connectivity index (χ1n) is 12.1. The van der Waals surface area contributed by atoms with Crippen LogP contribution in [0.5, 0.6) is 0 Å². The molecule has 3 N–H and O–H groups in total. The molecule has 31 heavy (non-hydrogen) atoms. The first-order chi connectivity index (χ1) is 15.1. The summed E-state index contributed by atoms with van der Waals surface area (Å²) in [5.41, 5.74) is 1.25. The van der Waals surface area contributed by atoms with E-state index in [2.05, 4.69) is 22.9 Å². The number of nitrogens with one attached hydrogen (secondary N) is 3. The van der Waals surface area contributed by atoms with Crippen LogP contribution in [0.3, 0.4) is 0 Å². The Bertz CT molecular complexity index is 664. The summed E-state index contributed by atoms with van der Waals surface area (Å²) in [6.07, 6.45) is 15.2. The van der Waals surface area contributed by atoms with Gasteiger partial charge in [0.25, 0.3) is 5.91 Å². The zero-order chi connectivity index (χ0) is 22.7. The third kappa shape index (κ3) is 13.9. The zero-order valence-electron chi connectivity index (χ0n) is 19.4. The van der Waals surface area contributed by atoms with Crippen LogP contribution in [0, 0.1) is 0 Å². The van der Waals surface area contributed by atoms with Gasteiger partial charge in [-0.2, -0.15) is 0 Å². The molecule has 0 saturated heterocycles. The highest BCUT2D eigenvalue weighted by molar-refractivity contribution is 7.80. The molecule has 5 nitrogen and oxygen atoms in total. The van der Waals surface area contributed by atoms with Crippen LogP contribution in [0.25, 0.3) is 0 Å². The molecule has 0 atom stereocenters. The van der Waals surface area contributed by atoms with Crippen LogP contribution in [0.15, 0.2) is 24.3 Å². The van der Waals surface area contributed by atoms with Gasteiger partial charge < -0.3 is 16.0 Å². The fraction of sp³-hybridized carbons (Fsp3) is 0.640. The van der Waals surface area contributed by atoms with Gasteiger partial charge in [-0.1, -0.05) is 84.1 Å². The highest BCUT2D eigenvalue weighted by atomic mass is 32.1. The summed E-state index contributed by atoms with van der Waals surface area (Å²) in [4.78, 5) is 24.2. The minimum absolute atomic E-state index is 0.0646. The summed E-state index contributed by atoms with van der Waals surface area (Å²) >= 11 is 5.23. The molecule has 0 radical (unpaired) electrons. The molecule has 2 amide bonds. The van der Waals surface area contributed by atoms with E-state index in [1.807, 2.05) is 13.0 Å². The monoisotopic (exact) mass is 447 g/mol. The molecule has 1 aromatic rings. The lowest BCUT2D eigenvalue weighted by molar-refractivity contribution is -0.119. The lowest BCUT2D eigenvalue weighted by Gasteiger charge is -2.11. The van der Waals surface area contributed by atoms with Crippen LogP contribution in [0.4, 0.5) is 5.69 Å². The van der Waals surface area contributed by atoms with E-state index >= 15 is 0 Å². The average Bonchev–Trinajstić information content (AvgIpc) is 2.75. The van der Waals surface area contributed by atoms with Gasteiger partial charge >= 0.3 is 0 Å². The fourth-order valence-electron chi connectivity index (χ4n) is 3.38. The molecular weight excluding hydrogens is 406 g/mol. The highest BCUT2D eigenvalue weighted by Crippen LogP contribution is 2.13. The predicted octanol–water partition coefficient (Wildman–Crippen LogP) is 6.34. The molecule has 0 aliphatic rings. The van der Waals surface area contributed by atoms with Crippen LogP contribution >= 0.6 is 12.2 Å². The van der Waals surface area contributed by atoms with Crippen LogP contribution in [0.2, 0.25) is 0 Å². The maximum absolute atomic E-state index is 12.1. The van der Waals surface area contributed by atoms with Crippen LogP contribution < -0.4 is 16.0 Å². The predicted molar refractivity (Wildman–Crippen MR) is 135 cm³/mol. The van der Waals surface area contributed by atoms with Crippen molar-refractivity contribution in [2.75, 3.05) is 11.9 Å². The van der Waals surface area contributed by atoms with Gasteiger partial charge in [-0.05, 0) is 43.3 Å². The maximum atomic E-state index is 12.1. The van der Waals surface area contributed by atoms with Crippen molar-refractivity contribution in [2.45, 2.75) is 97.3 Å². The Morgan fingerprint density at radius 2 is 1.45 bits per heavy atom. The SMILES string of the molecule is CCCCCCCCCCCCCC(=O)NC(=S)Nc1cccc(C(=O)NCCC)c1. The lowest BCUT2D eigenvalue weighted by atomic mass is 10.1. The van der Waals surface area contributed by atoms with E-state index in [0.29, 0.717) is 24.2 Å². The smallest absolute Gasteiger partial charge is 0.251 e. The lowest BCUT2D eigenvalue weighted by Crippen LogP contribution is -2.34. The summed E-state index contributed by atoms with van der Waals surface area (Å²) in [5.74, 6) is -0.179. The summed E-state index contributed by atoms with van der Waals surface area (Å²) in [5, 5.41) is 8.82. The molecule has 0 aliphatic heterocycles. The fourth-order valence-corrected chi connectivity index (χ4v) is 3.61. The van der Waals surface area contributed by atoms with E-state index in [9.17, 15) is 9.59 Å². The Morgan fingerprint density at radius 1 is 0.839 bits per heavy atom. The van der Waals surface area contributed by atoms with Crippen molar-refractivity contribution in [3.8, 4) is 0 Å².